The van der Waals surface area contributed by atoms with Gasteiger partial charge in [0.25, 0.3) is 0 Å². The highest BCUT2D eigenvalue weighted by Crippen LogP contribution is 2.34. The maximum Gasteiger partial charge on any atom is 0.311 e. The second-order valence-corrected chi connectivity index (χ2v) is 11.0. The van der Waals surface area contributed by atoms with Gasteiger partial charge in [0, 0.05) is 36.7 Å². The van der Waals surface area contributed by atoms with Gasteiger partial charge in [0.05, 0.1) is 12.2 Å². The van der Waals surface area contributed by atoms with Gasteiger partial charge in [0.1, 0.15) is 17.3 Å². The minimum Gasteiger partial charge on any atom is -0.427 e. The molecule has 0 aliphatic heterocycles. The molecule has 0 spiro atoms. The van der Waals surface area contributed by atoms with Gasteiger partial charge in [-0.05, 0) is 61.2 Å². The molecular formula is C34H43FO6. The minimum atomic E-state index is -0.689. The van der Waals surface area contributed by atoms with Gasteiger partial charge in [0.15, 0.2) is 5.78 Å². The maximum absolute atomic E-state index is 13.1. The normalized spacial score (nSPS) is 19.5. The molecule has 0 saturated heterocycles. The number of rotatable bonds is 17. The van der Waals surface area contributed by atoms with Crippen molar-refractivity contribution >= 4 is 17.5 Å². The van der Waals surface area contributed by atoms with Gasteiger partial charge >= 0.3 is 5.97 Å². The number of aliphatic hydroxyl groups is 2. The first kappa shape index (κ1) is 32.4. The van der Waals surface area contributed by atoms with Crippen LogP contribution < -0.4 is 4.74 Å². The number of ketones is 2. The highest BCUT2D eigenvalue weighted by atomic mass is 19.1. The van der Waals surface area contributed by atoms with E-state index >= 15 is 0 Å². The number of hydrogen-bond donors (Lipinski definition) is 2. The van der Waals surface area contributed by atoms with E-state index in [9.17, 15) is 29.0 Å². The Balaban J connectivity index is 1.32. The molecule has 6 nitrogen and oxygen atoms in total. The van der Waals surface area contributed by atoms with Gasteiger partial charge in [-0.3, -0.25) is 14.4 Å². The molecule has 0 aromatic heterocycles. The summed E-state index contributed by atoms with van der Waals surface area (Å²) < 4.78 is 18.5. The van der Waals surface area contributed by atoms with Gasteiger partial charge in [0.2, 0.25) is 0 Å². The Morgan fingerprint density at radius 2 is 1.71 bits per heavy atom. The lowest BCUT2D eigenvalue weighted by molar-refractivity contribution is -0.134. The third-order valence-electron chi connectivity index (χ3n) is 7.72. The van der Waals surface area contributed by atoms with Crippen molar-refractivity contribution in [2.75, 3.05) is 0 Å². The maximum atomic E-state index is 13.1. The summed E-state index contributed by atoms with van der Waals surface area (Å²) in [6.45, 7) is 2.12. The molecule has 0 amide bonds. The van der Waals surface area contributed by atoms with E-state index in [2.05, 4.69) is 6.92 Å². The number of carbonyl (C=O) groups excluding carboxylic acids is 3. The molecule has 1 aliphatic carbocycles. The van der Waals surface area contributed by atoms with Crippen LogP contribution in [-0.4, -0.2) is 40.0 Å². The van der Waals surface area contributed by atoms with E-state index in [0.29, 0.717) is 30.6 Å². The number of carbonyl (C=O) groups is 3. The number of unbranched alkanes of at least 4 members (excludes halogenated alkanes) is 5. The van der Waals surface area contributed by atoms with Crippen LogP contribution in [0.5, 0.6) is 5.75 Å². The first-order valence-electron chi connectivity index (χ1n) is 14.9. The Morgan fingerprint density at radius 1 is 1.00 bits per heavy atom. The zero-order valence-corrected chi connectivity index (χ0v) is 24.0. The van der Waals surface area contributed by atoms with E-state index in [-0.39, 0.29) is 54.5 Å². The number of ether oxygens (including phenoxy) is 1. The molecule has 0 unspecified atom stereocenters. The Kier molecular flexibility index (Phi) is 13.4. The molecule has 2 aromatic rings. The molecule has 41 heavy (non-hydrogen) atoms. The average Bonchev–Trinajstić information content (AvgIpc) is 3.22. The molecule has 1 saturated carbocycles. The van der Waals surface area contributed by atoms with Crippen LogP contribution in [0.25, 0.3) is 0 Å². The number of halogens is 1. The minimum absolute atomic E-state index is 0.0852. The first-order valence-corrected chi connectivity index (χ1v) is 14.9. The fourth-order valence-corrected chi connectivity index (χ4v) is 5.32. The first-order chi connectivity index (χ1) is 19.8. The lowest BCUT2D eigenvalue weighted by Gasteiger charge is -2.18. The third kappa shape index (κ3) is 11.0. The lowest BCUT2D eigenvalue weighted by Crippen LogP contribution is -2.19. The Morgan fingerprint density at radius 3 is 2.41 bits per heavy atom. The average molecular weight is 567 g/mol. The summed E-state index contributed by atoms with van der Waals surface area (Å²) in [4.78, 5) is 37.0. The van der Waals surface area contributed by atoms with E-state index in [1.54, 1.807) is 30.3 Å². The highest BCUT2D eigenvalue weighted by Gasteiger charge is 2.39. The topological polar surface area (TPSA) is 101 Å². The van der Waals surface area contributed by atoms with Crippen molar-refractivity contribution in [3.8, 4) is 5.75 Å². The number of aliphatic hydroxyl groups excluding tert-OH is 2. The molecule has 4 atom stereocenters. The Labute approximate surface area is 242 Å². The van der Waals surface area contributed by atoms with E-state index in [1.807, 2.05) is 6.08 Å². The summed E-state index contributed by atoms with van der Waals surface area (Å²) in [5, 5.41) is 20.5. The molecule has 222 valence electrons. The summed E-state index contributed by atoms with van der Waals surface area (Å²) in [6.07, 6.45) is 10.7. The second-order valence-electron chi connectivity index (χ2n) is 11.0. The van der Waals surface area contributed by atoms with E-state index in [1.165, 1.54) is 24.3 Å². The fourth-order valence-electron chi connectivity index (χ4n) is 5.32. The number of Topliss-reactive ketones (excluding diaryl/α,β-unsaturated/α-hetero) is 2. The second kappa shape index (κ2) is 16.9. The standard InChI is InChI=1S/C34H43FO6/c1-2-3-6-9-27(36)18-21-30-29(32(38)23-33(30)39)10-7-4-5-8-11-34(40)41-28-19-12-24(13-20-28)22-31(37)25-14-16-26(35)17-15-25/h12-21,27,29-30,33,36,39H,2-11,22-23H2,1H3/b21-18+/t27-,29+,30+,33+/m0/s1. The van der Waals surface area contributed by atoms with Gasteiger partial charge in [-0.25, -0.2) is 4.39 Å². The number of hydrogen-bond acceptors (Lipinski definition) is 6. The summed E-state index contributed by atoms with van der Waals surface area (Å²) >= 11 is 0. The molecule has 7 heteroatoms. The zero-order chi connectivity index (χ0) is 29.6. The van der Waals surface area contributed by atoms with E-state index in [4.69, 9.17) is 4.74 Å². The quantitative estimate of drug-likeness (QED) is 0.0739. The molecule has 0 bridgehead atoms. The van der Waals surface area contributed by atoms with Crippen molar-refractivity contribution in [3.05, 3.63) is 77.6 Å². The summed E-state index contributed by atoms with van der Waals surface area (Å²) in [7, 11) is 0. The van der Waals surface area contributed by atoms with Crippen molar-refractivity contribution in [1.29, 1.82) is 0 Å². The van der Waals surface area contributed by atoms with Gasteiger partial charge in [-0.15, -0.1) is 0 Å². The lowest BCUT2D eigenvalue weighted by atomic mass is 9.88. The van der Waals surface area contributed by atoms with Gasteiger partial charge in [-0.1, -0.05) is 69.7 Å². The van der Waals surface area contributed by atoms with Crippen molar-refractivity contribution in [1.82, 2.24) is 0 Å². The fraction of sp³-hybridized carbons (Fsp3) is 0.500. The Bertz CT molecular complexity index is 1140. The molecule has 2 N–H and O–H groups in total. The smallest absolute Gasteiger partial charge is 0.311 e. The zero-order valence-electron chi connectivity index (χ0n) is 24.0. The van der Waals surface area contributed by atoms with E-state index < -0.39 is 12.2 Å². The van der Waals surface area contributed by atoms with Crippen LogP contribution >= 0.6 is 0 Å². The third-order valence-corrected chi connectivity index (χ3v) is 7.72. The van der Waals surface area contributed by atoms with Crippen LogP contribution in [0.3, 0.4) is 0 Å². The van der Waals surface area contributed by atoms with Crippen molar-refractivity contribution < 1.29 is 33.7 Å². The van der Waals surface area contributed by atoms with Crippen molar-refractivity contribution in [3.63, 3.8) is 0 Å². The molecule has 2 aromatic carbocycles. The van der Waals surface area contributed by atoms with Crippen LogP contribution in [0.4, 0.5) is 4.39 Å². The van der Waals surface area contributed by atoms with Gasteiger partial charge < -0.3 is 14.9 Å². The van der Waals surface area contributed by atoms with Crippen LogP contribution in [0, 0.1) is 17.7 Å². The number of esters is 1. The monoisotopic (exact) mass is 566 g/mol. The number of benzene rings is 2. The molecule has 0 heterocycles. The van der Waals surface area contributed by atoms with Gasteiger partial charge in [-0.2, -0.15) is 0 Å². The highest BCUT2D eigenvalue weighted by molar-refractivity contribution is 5.97. The molecule has 1 fully saturated rings. The molecular weight excluding hydrogens is 523 g/mol. The van der Waals surface area contributed by atoms with E-state index in [0.717, 1.165) is 44.1 Å². The molecule has 3 rings (SSSR count). The largest absolute Gasteiger partial charge is 0.427 e. The predicted molar refractivity (Wildman–Crippen MR) is 156 cm³/mol. The summed E-state index contributed by atoms with van der Waals surface area (Å²) in [5.74, 6) is -0.790. The Hall–Kier alpha value is -3.16. The predicted octanol–water partition coefficient (Wildman–Crippen LogP) is 6.56. The van der Waals surface area contributed by atoms with Crippen LogP contribution in [-0.2, 0) is 16.0 Å². The summed E-state index contributed by atoms with van der Waals surface area (Å²) in [6, 6.07) is 12.2. The van der Waals surface area contributed by atoms with Crippen LogP contribution in [0.15, 0.2) is 60.7 Å². The molecule has 1 aliphatic rings. The van der Waals surface area contributed by atoms with Crippen LogP contribution in [0.2, 0.25) is 0 Å². The summed E-state index contributed by atoms with van der Waals surface area (Å²) in [5.41, 5.74) is 1.22. The van der Waals surface area contributed by atoms with Crippen molar-refractivity contribution in [2.24, 2.45) is 11.8 Å². The van der Waals surface area contributed by atoms with Crippen LogP contribution in [0.1, 0.15) is 93.5 Å². The van der Waals surface area contributed by atoms with Crippen molar-refractivity contribution in [2.45, 2.75) is 96.2 Å². The molecule has 0 radical (unpaired) electrons. The SMILES string of the molecule is CCCCC[C@H](O)/C=C/[C@H]1[C@H](O)CC(=O)[C@@H]1CCCCCCC(=O)Oc1ccc(CC(=O)c2ccc(F)cc2)cc1.